The van der Waals surface area contributed by atoms with Crippen molar-refractivity contribution in [3.8, 4) is 0 Å². The Morgan fingerprint density at radius 3 is 2.95 bits per heavy atom. The van der Waals surface area contributed by atoms with Gasteiger partial charge in [0.15, 0.2) is 5.78 Å². The molecule has 0 amide bonds. The maximum Gasteiger partial charge on any atom is 0.169 e. The van der Waals surface area contributed by atoms with Gasteiger partial charge in [-0.25, -0.2) is 4.39 Å². The second-order valence-electron chi connectivity index (χ2n) is 5.51. The Labute approximate surface area is 122 Å². The van der Waals surface area contributed by atoms with E-state index >= 15 is 0 Å². The van der Waals surface area contributed by atoms with Crippen molar-refractivity contribution in [2.24, 2.45) is 5.92 Å². The summed E-state index contributed by atoms with van der Waals surface area (Å²) in [6, 6.07) is 4.20. The summed E-state index contributed by atoms with van der Waals surface area (Å²) in [6.45, 7) is 1.71. The fourth-order valence-electron chi connectivity index (χ4n) is 3.02. The summed E-state index contributed by atoms with van der Waals surface area (Å²) in [5, 5.41) is 0.298. The molecule has 3 nitrogen and oxygen atoms in total. The van der Waals surface area contributed by atoms with Gasteiger partial charge in [-0.1, -0.05) is 11.6 Å². The molecule has 0 aromatic heterocycles. The number of carbonyl (C=O) groups is 1. The molecule has 2 saturated heterocycles. The first-order valence-electron chi connectivity index (χ1n) is 6.81. The van der Waals surface area contributed by atoms with Crippen LogP contribution in [0.2, 0.25) is 5.02 Å². The summed E-state index contributed by atoms with van der Waals surface area (Å²) < 4.78 is 25.0. The highest BCUT2D eigenvalue weighted by atomic mass is 35.5. The topological polar surface area (TPSA) is 35.5 Å². The average Bonchev–Trinajstić information content (AvgIpc) is 2.86. The summed E-state index contributed by atoms with van der Waals surface area (Å²) in [5.41, 5.74) is -0.225. The van der Waals surface area contributed by atoms with E-state index < -0.39 is 5.82 Å². The molecule has 0 aliphatic carbocycles. The van der Waals surface area contributed by atoms with Crippen LogP contribution in [0, 0.1) is 11.7 Å². The van der Waals surface area contributed by atoms with E-state index in [1.807, 2.05) is 0 Å². The van der Waals surface area contributed by atoms with Crippen LogP contribution in [0.3, 0.4) is 0 Å². The third-order valence-corrected chi connectivity index (χ3v) is 4.36. The van der Waals surface area contributed by atoms with E-state index in [0.717, 1.165) is 6.42 Å². The summed E-state index contributed by atoms with van der Waals surface area (Å²) >= 11 is 5.72. The van der Waals surface area contributed by atoms with Gasteiger partial charge in [-0.05, 0) is 31.0 Å². The molecule has 2 atom stereocenters. The van der Waals surface area contributed by atoms with Crippen LogP contribution in [-0.2, 0) is 9.47 Å². The van der Waals surface area contributed by atoms with Crippen LogP contribution >= 0.6 is 11.6 Å². The second-order valence-corrected chi connectivity index (χ2v) is 5.95. The molecule has 0 radical (unpaired) electrons. The number of ketones is 1. The molecule has 2 fully saturated rings. The van der Waals surface area contributed by atoms with E-state index in [4.69, 9.17) is 21.1 Å². The summed E-state index contributed by atoms with van der Waals surface area (Å²) in [4.78, 5) is 12.5. The number of ether oxygens (including phenoxy) is 2. The van der Waals surface area contributed by atoms with E-state index in [0.29, 0.717) is 37.7 Å². The number of carbonyl (C=O) groups excluding carboxylic acids is 1. The van der Waals surface area contributed by atoms with Crippen molar-refractivity contribution in [2.45, 2.75) is 24.9 Å². The first-order valence-corrected chi connectivity index (χ1v) is 7.18. The standard InChI is InChI=1S/C15H16ClFO3/c16-11-1-2-12(13(17)7-11)14(18)10-3-5-20-15(8-10)4-6-19-9-15/h1-2,7,10H,3-6,8-9H2. The molecule has 2 aliphatic heterocycles. The first-order chi connectivity index (χ1) is 9.60. The highest BCUT2D eigenvalue weighted by Gasteiger charge is 2.43. The van der Waals surface area contributed by atoms with Crippen molar-refractivity contribution in [3.63, 3.8) is 0 Å². The van der Waals surface area contributed by atoms with Crippen molar-refractivity contribution in [1.82, 2.24) is 0 Å². The zero-order valence-corrected chi connectivity index (χ0v) is 11.8. The lowest BCUT2D eigenvalue weighted by atomic mass is 9.81. The van der Waals surface area contributed by atoms with Gasteiger partial charge in [-0.2, -0.15) is 0 Å². The van der Waals surface area contributed by atoms with Crippen LogP contribution in [-0.4, -0.2) is 31.2 Å². The van der Waals surface area contributed by atoms with Gasteiger partial charge in [0.1, 0.15) is 5.82 Å². The Hall–Kier alpha value is -0.970. The number of rotatable bonds is 2. The second kappa shape index (κ2) is 5.43. The van der Waals surface area contributed by atoms with E-state index in [1.54, 1.807) is 6.07 Å². The molecule has 1 aromatic rings. The predicted molar refractivity (Wildman–Crippen MR) is 72.6 cm³/mol. The quantitative estimate of drug-likeness (QED) is 0.786. The Morgan fingerprint density at radius 1 is 1.40 bits per heavy atom. The summed E-state index contributed by atoms with van der Waals surface area (Å²) in [7, 11) is 0. The van der Waals surface area contributed by atoms with Crippen molar-refractivity contribution in [3.05, 3.63) is 34.6 Å². The van der Waals surface area contributed by atoms with Gasteiger partial charge >= 0.3 is 0 Å². The highest BCUT2D eigenvalue weighted by Crippen LogP contribution is 2.37. The van der Waals surface area contributed by atoms with E-state index in [-0.39, 0.29) is 22.9 Å². The fourth-order valence-corrected chi connectivity index (χ4v) is 3.18. The number of hydrogen-bond acceptors (Lipinski definition) is 3. The van der Waals surface area contributed by atoms with Crippen LogP contribution in [0.15, 0.2) is 18.2 Å². The van der Waals surface area contributed by atoms with Gasteiger partial charge in [-0.3, -0.25) is 4.79 Å². The minimum Gasteiger partial charge on any atom is -0.378 e. The molecule has 108 valence electrons. The van der Waals surface area contributed by atoms with Gasteiger partial charge in [0.2, 0.25) is 0 Å². The van der Waals surface area contributed by atoms with Gasteiger partial charge in [0.25, 0.3) is 0 Å². The minimum atomic E-state index is -0.550. The highest BCUT2D eigenvalue weighted by molar-refractivity contribution is 6.30. The van der Waals surface area contributed by atoms with Crippen LogP contribution < -0.4 is 0 Å². The molecule has 0 bridgehead atoms. The maximum atomic E-state index is 13.9. The Kier molecular flexibility index (Phi) is 3.80. The Morgan fingerprint density at radius 2 is 2.25 bits per heavy atom. The maximum absolute atomic E-state index is 13.9. The van der Waals surface area contributed by atoms with Crippen molar-refractivity contribution < 1.29 is 18.7 Å². The summed E-state index contributed by atoms with van der Waals surface area (Å²) in [5.74, 6) is -0.916. The lowest BCUT2D eigenvalue weighted by Gasteiger charge is -2.36. The third-order valence-electron chi connectivity index (χ3n) is 4.13. The van der Waals surface area contributed by atoms with Crippen LogP contribution in [0.1, 0.15) is 29.6 Å². The first kappa shape index (κ1) is 14.0. The zero-order valence-electron chi connectivity index (χ0n) is 11.0. The molecule has 1 aromatic carbocycles. The van der Waals surface area contributed by atoms with Gasteiger partial charge in [-0.15, -0.1) is 0 Å². The number of hydrogen-bond donors (Lipinski definition) is 0. The molecular weight excluding hydrogens is 283 g/mol. The molecule has 3 rings (SSSR count). The number of Topliss-reactive ketones (excluding diaryl/α,β-unsaturated/α-hetero) is 1. The van der Waals surface area contributed by atoms with Crippen molar-refractivity contribution in [2.75, 3.05) is 19.8 Å². The molecule has 2 aliphatic rings. The fraction of sp³-hybridized carbons (Fsp3) is 0.533. The van der Waals surface area contributed by atoms with E-state index in [2.05, 4.69) is 0 Å². The van der Waals surface area contributed by atoms with Crippen molar-refractivity contribution >= 4 is 17.4 Å². The third kappa shape index (κ3) is 2.60. The zero-order chi connectivity index (χ0) is 14.2. The average molecular weight is 299 g/mol. The number of benzene rings is 1. The molecular formula is C15H16ClFO3. The van der Waals surface area contributed by atoms with E-state index in [9.17, 15) is 9.18 Å². The molecule has 2 heterocycles. The Bertz CT molecular complexity index is 526. The predicted octanol–water partition coefficient (Wildman–Crippen LogP) is 3.25. The lowest BCUT2D eigenvalue weighted by molar-refractivity contribution is -0.0921. The molecule has 2 unspecified atom stereocenters. The van der Waals surface area contributed by atoms with Crippen molar-refractivity contribution in [1.29, 1.82) is 0 Å². The number of halogens is 2. The van der Waals surface area contributed by atoms with Crippen LogP contribution in [0.25, 0.3) is 0 Å². The summed E-state index contributed by atoms with van der Waals surface area (Å²) in [6.07, 6.45) is 2.04. The lowest BCUT2D eigenvalue weighted by Crippen LogP contribution is -2.42. The van der Waals surface area contributed by atoms with Crippen LogP contribution in [0.4, 0.5) is 4.39 Å². The molecule has 0 N–H and O–H groups in total. The monoisotopic (exact) mass is 298 g/mol. The van der Waals surface area contributed by atoms with E-state index in [1.165, 1.54) is 12.1 Å². The van der Waals surface area contributed by atoms with Crippen LogP contribution in [0.5, 0.6) is 0 Å². The normalized spacial score (nSPS) is 29.8. The smallest absolute Gasteiger partial charge is 0.169 e. The molecule has 20 heavy (non-hydrogen) atoms. The van der Waals surface area contributed by atoms with Gasteiger partial charge in [0, 0.05) is 30.6 Å². The molecule has 0 saturated carbocycles. The van der Waals surface area contributed by atoms with Gasteiger partial charge < -0.3 is 9.47 Å². The van der Waals surface area contributed by atoms with Gasteiger partial charge in [0.05, 0.1) is 17.8 Å². The minimum absolute atomic E-state index is 0.121. The largest absolute Gasteiger partial charge is 0.378 e. The SMILES string of the molecule is O=C(c1ccc(Cl)cc1F)C1CCOC2(CCOC2)C1. The molecule has 5 heteroatoms. The Balaban J connectivity index is 1.79. The molecule has 1 spiro atoms.